The molecule has 4 aromatic rings. The zero-order valence-electron chi connectivity index (χ0n) is 19.5. The molecule has 0 unspecified atom stereocenters. The topological polar surface area (TPSA) is 86.9 Å². The van der Waals surface area contributed by atoms with Crippen LogP contribution in [0.25, 0.3) is 22.4 Å². The molecule has 7 heteroatoms. The molecule has 6 nitrogen and oxygen atoms in total. The second-order valence-corrected chi connectivity index (χ2v) is 9.56. The molecular formula is C28H27ClN4O2. The maximum Gasteiger partial charge on any atom is 0.257 e. The smallest absolute Gasteiger partial charge is 0.257 e. The van der Waals surface area contributed by atoms with Gasteiger partial charge in [-0.2, -0.15) is 0 Å². The molecule has 5 rings (SSSR count). The van der Waals surface area contributed by atoms with Crippen molar-refractivity contribution in [3.05, 3.63) is 76.8 Å². The lowest BCUT2D eigenvalue weighted by atomic mass is 9.88. The maximum absolute atomic E-state index is 12.6. The summed E-state index contributed by atoms with van der Waals surface area (Å²) in [4.78, 5) is 33.2. The number of aromatic nitrogens is 2. The predicted molar refractivity (Wildman–Crippen MR) is 141 cm³/mol. The number of halogens is 1. The molecule has 0 spiro atoms. The molecule has 1 aliphatic rings. The predicted octanol–water partition coefficient (Wildman–Crippen LogP) is 6.96. The second kappa shape index (κ2) is 9.92. The Bertz CT molecular complexity index is 1390. The Labute approximate surface area is 209 Å². The Balaban J connectivity index is 1.28. The van der Waals surface area contributed by atoms with Crippen molar-refractivity contribution in [3.63, 3.8) is 0 Å². The minimum absolute atomic E-state index is 0.105. The highest BCUT2D eigenvalue weighted by Gasteiger charge is 2.21. The van der Waals surface area contributed by atoms with Crippen molar-refractivity contribution in [3.8, 4) is 11.4 Å². The molecule has 3 N–H and O–H groups in total. The summed E-state index contributed by atoms with van der Waals surface area (Å²) >= 11 is 6.22. The average Bonchev–Trinajstić information content (AvgIpc) is 3.28. The normalized spacial score (nSPS) is 14.1. The van der Waals surface area contributed by atoms with Gasteiger partial charge in [0.1, 0.15) is 5.82 Å². The first-order valence-corrected chi connectivity index (χ1v) is 12.3. The molecule has 0 radical (unpaired) electrons. The fourth-order valence-corrected chi connectivity index (χ4v) is 4.87. The lowest BCUT2D eigenvalue weighted by Crippen LogP contribution is -2.24. The molecule has 3 aromatic carbocycles. The van der Waals surface area contributed by atoms with Crippen molar-refractivity contribution in [2.45, 2.75) is 39.0 Å². The van der Waals surface area contributed by atoms with Gasteiger partial charge >= 0.3 is 0 Å². The minimum atomic E-state index is -0.255. The molecular weight excluding hydrogens is 460 g/mol. The van der Waals surface area contributed by atoms with Crippen LogP contribution in [0.2, 0.25) is 5.02 Å². The van der Waals surface area contributed by atoms with Gasteiger partial charge in [-0.1, -0.05) is 36.9 Å². The van der Waals surface area contributed by atoms with Crippen LogP contribution in [-0.4, -0.2) is 21.8 Å². The van der Waals surface area contributed by atoms with E-state index in [2.05, 4.69) is 20.6 Å². The van der Waals surface area contributed by atoms with Gasteiger partial charge in [-0.15, -0.1) is 0 Å². The van der Waals surface area contributed by atoms with Gasteiger partial charge in [0.15, 0.2) is 0 Å². The van der Waals surface area contributed by atoms with E-state index in [1.54, 1.807) is 12.1 Å². The molecule has 178 valence electrons. The number of rotatable bonds is 5. The molecule has 0 saturated heterocycles. The maximum atomic E-state index is 12.6. The SMILES string of the molecule is Cc1ccc(C(=O)Nc2ccc(-c3nc4ccc(NC(=O)C5CCCCC5)cc4[nH]3)cc2)c(Cl)c1. The lowest BCUT2D eigenvalue weighted by molar-refractivity contribution is -0.120. The summed E-state index contributed by atoms with van der Waals surface area (Å²) in [6.45, 7) is 1.93. The number of nitrogens with zero attached hydrogens (tertiary/aromatic N) is 1. The Kier molecular flexibility index (Phi) is 6.55. The number of H-pyrrole nitrogens is 1. The zero-order chi connectivity index (χ0) is 24.4. The van der Waals surface area contributed by atoms with Crippen molar-refractivity contribution in [2.24, 2.45) is 5.92 Å². The van der Waals surface area contributed by atoms with Gasteiger partial charge in [-0.3, -0.25) is 9.59 Å². The number of amides is 2. The number of hydrogen-bond acceptors (Lipinski definition) is 3. The van der Waals surface area contributed by atoms with E-state index in [1.165, 1.54) is 6.42 Å². The van der Waals surface area contributed by atoms with E-state index in [9.17, 15) is 9.59 Å². The number of aryl methyl sites for hydroxylation is 1. The molecule has 1 aromatic heterocycles. The first-order valence-electron chi connectivity index (χ1n) is 11.9. The number of fused-ring (bicyclic) bond motifs is 1. The Hall–Kier alpha value is -3.64. The van der Waals surface area contributed by atoms with Gasteiger partial charge < -0.3 is 15.6 Å². The van der Waals surface area contributed by atoms with Crippen LogP contribution in [0.15, 0.2) is 60.7 Å². The van der Waals surface area contributed by atoms with Crippen LogP contribution >= 0.6 is 11.6 Å². The summed E-state index contributed by atoms with van der Waals surface area (Å²) in [5, 5.41) is 6.37. The highest BCUT2D eigenvalue weighted by atomic mass is 35.5. The average molecular weight is 487 g/mol. The summed E-state index contributed by atoms with van der Waals surface area (Å²) in [5.41, 5.74) is 5.44. The number of nitrogens with one attached hydrogen (secondary N) is 3. The van der Waals surface area contributed by atoms with Gasteiger partial charge in [-0.05, 0) is 79.9 Å². The summed E-state index contributed by atoms with van der Waals surface area (Å²) < 4.78 is 0. The monoisotopic (exact) mass is 486 g/mol. The number of hydrogen-bond donors (Lipinski definition) is 3. The van der Waals surface area contributed by atoms with Crippen LogP contribution in [0, 0.1) is 12.8 Å². The molecule has 1 aliphatic carbocycles. The third-order valence-electron chi connectivity index (χ3n) is 6.51. The van der Waals surface area contributed by atoms with Crippen molar-refractivity contribution < 1.29 is 9.59 Å². The number of carbonyl (C=O) groups is 2. The number of aromatic amines is 1. The Morgan fingerprint density at radius 3 is 2.40 bits per heavy atom. The van der Waals surface area contributed by atoms with E-state index in [-0.39, 0.29) is 17.7 Å². The quantitative estimate of drug-likeness (QED) is 0.285. The van der Waals surface area contributed by atoms with E-state index in [4.69, 9.17) is 11.6 Å². The van der Waals surface area contributed by atoms with Crippen LogP contribution in [0.3, 0.4) is 0 Å². The van der Waals surface area contributed by atoms with Crippen LogP contribution in [0.4, 0.5) is 11.4 Å². The summed E-state index contributed by atoms with van der Waals surface area (Å²) in [6, 6.07) is 18.5. The molecule has 1 fully saturated rings. The van der Waals surface area contributed by atoms with Gasteiger partial charge in [-0.25, -0.2) is 4.98 Å². The highest BCUT2D eigenvalue weighted by Crippen LogP contribution is 2.27. The highest BCUT2D eigenvalue weighted by molar-refractivity contribution is 6.34. The van der Waals surface area contributed by atoms with Crippen LogP contribution < -0.4 is 10.6 Å². The molecule has 0 atom stereocenters. The first-order chi connectivity index (χ1) is 17.0. The zero-order valence-corrected chi connectivity index (χ0v) is 20.3. The van der Waals surface area contributed by atoms with Crippen LogP contribution in [0.1, 0.15) is 48.0 Å². The number of benzene rings is 3. The van der Waals surface area contributed by atoms with Crippen molar-refractivity contribution >= 4 is 45.8 Å². The number of imidazole rings is 1. The molecule has 2 amide bonds. The lowest BCUT2D eigenvalue weighted by Gasteiger charge is -2.20. The Morgan fingerprint density at radius 2 is 1.66 bits per heavy atom. The van der Waals surface area contributed by atoms with E-state index in [1.807, 2.05) is 55.5 Å². The van der Waals surface area contributed by atoms with E-state index < -0.39 is 0 Å². The molecule has 0 aliphatic heterocycles. The second-order valence-electron chi connectivity index (χ2n) is 9.16. The summed E-state index contributed by atoms with van der Waals surface area (Å²) in [7, 11) is 0. The largest absolute Gasteiger partial charge is 0.338 e. The number of anilines is 2. The van der Waals surface area contributed by atoms with Crippen molar-refractivity contribution in [1.82, 2.24) is 9.97 Å². The Morgan fingerprint density at radius 1 is 0.914 bits per heavy atom. The molecule has 1 saturated carbocycles. The van der Waals surface area contributed by atoms with Crippen molar-refractivity contribution in [1.29, 1.82) is 0 Å². The standard InChI is InChI=1S/C28H27ClN4O2/c1-17-7-13-22(23(29)15-17)28(35)30-20-10-8-18(9-11-20)26-32-24-14-12-21(16-25(24)33-26)31-27(34)19-5-3-2-4-6-19/h7-16,19H,2-6H2,1H3,(H,30,35)(H,31,34)(H,32,33). The third-order valence-corrected chi connectivity index (χ3v) is 6.82. The fourth-order valence-electron chi connectivity index (χ4n) is 4.55. The van der Waals surface area contributed by atoms with E-state index in [0.29, 0.717) is 16.3 Å². The van der Waals surface area contributed by atoms with E-state index >= 15 is 0 Å². The number of carbonyl (C=O) groups excluding carboxylic acids is 2. The fraction of sp³-hybridized carbons (Fsp3) is 0.250. The summed E-state index contributed by atoms with van der Waals surface area (Å²) in [6.07, 6.45) is 5.42. The molecule has 1 heterocycles. The van der Waals surface area contributed by atoms with Gasteiger partial charge in [0, 0.05) is 22.9 Å². The molecule has 35 heavy (non-hydrogen) atoms. The van der Waals surface area contributed by atoms with Gasteiger partial charge in [0.05, 0.1) is 21.6 Å². The van der Waals surface area contributed by atoms with Crippen molar-refractivity contribution in [2.75, 3.05) is 10.6 Å². The van der Waals surface area contributed by atoms with Crippen LogP contribution in [0.5, 0.6) is 0 Å². The minimum Gasteiger partial charge on any atom is -0.338 e. The van der Waals surface area contributed by atoms with E-state index in [0.717, 1.165) is 59.4 Å². The van der Waals surface area contributed by atoms with Crippen LogP contribution in [-0.2, 0) is 4.79 Å². The molecule has 0 bridgehead atoms. The third kappa shape index (κ3) is 5.23. The van der Waals surface area contributed by atoms with Gasteiger partial charge in [0.2, 0.25) is 5.91 Å². The first kappa shape index (κ1) is 23.1. The summed E-state index contributed by atoms with van der Waals surface area (Å²) in [5.74, 6) is 0.677. The van der Waals surface area contributed by atoms with Gasteiger partial charge in [0.25, 0.3) is 5.91 Å².